The molecule has 1 aromatic carbocycles. The zero-order valence-corrected chi connectivity index (χ0v) is 15.6. The van der Waals surface area contributed by atoms with Crippen LogP contribution in [-0.2, 0) is 20.0 Å². The number of sulfonamides is 2. The van der Waals surface area contributed by atoms with E-state index in [1.807, 2.05) is 0 Å². The third kappa shape index (κ3) is 3.65. The van der Waals surface area contributed by atoms with Gasteiger partial charge in [0.05, 0.1) is 27.4 Å². The van der Waals surface area contributed by atoms with Gasteiger partial charge in [0.2, 0.25) is 20.0 Å². The predicted octanol–water partition coefficient (Wildman–Crippen LogP) is 2.95. The van der Waals surface area contributed by atoms with E-state index in [1.165, 1.54) is 16.4 Å². The standard InChI is InChI=1S/C15H21ClN2O4S2/c16-14-11-12(18-9-4-10-23(18,19)20)7-8-15(14)17-24(21,22)13-5-2-1-3-6-13/h7-8,11,13,17H,1-6,9-10H2. The fraction of sp³-hybridized carbons (Fsp3) is 0.600. The molecular formula is C15H21ClN2O4S2. The number of benzene rings is 1. The lowest BCUT2D eigenvalue weighted by Crippen LogP contribution is -2.30. The monoisotopic (exact) mass is 392 g/mol. The zero-order valence-electron chi connectivity index (χ0n) is 13.2. The molecule has 0 aromatic heterocycles. The Kier molecular flexibility index (Phi) is 4.99. The van der Waals surface area contributed by atoms with E-state index >= 15 is 0 Å². The van der Waals surface area contributed by atoms with Crippen LogP contribution in [0.25, 0.3) is 0 Å². The van der Waals surface area contributed by atoms with Crippen LogP contribution in [0.15, 0.2) is 18.2 Å². The molecule has 0 unspecified atom stereocenters. The largest absolute Gasteiger partial charge is 0.282 e. The number of hydrogen-bond acceptors (Lipinski definition) is 4. The van der Waals surface area contributed by atoms with Crippen LogP contribution in [0, 0.1) is 0 Å². The zero-order chi connectivity index (χ0) is 17.4. The Morgan fingerprint density at radius 3 is 2.42 bits per heavy atom. The molecule has 134 valence electrons. The number of anilines is 2. The normalized spacial score (nSPS) is 21.8. The van der Waals surface area contributed by atoms with Crippen molar-refractivity contribution in [3.63, 3.8) is 0 Å². The Labute approximate surface area is 148 Å². The topological polar surface area (TPSA) is 83.6 Å². The smallest absolute Gasteiger partial charge is 0.235 e. The summed E-state index contributed by atoms with van der Waals surface area (Å²) in [5.74, 6) is 0.126. The second-order valence-electron chi connectivity index (χ2n) is 6.31. The maximum atomic E-state index is 12.5. The van der Waals surface area contributed by atoms with Gasteiger partial charge in [-0.25, -0.2) is 16.8 Å². The predicted molar refractivity (Wildman–Crippen MR) is 96.6 cm³/mol. The Bertz CT molecular complexity index is 818. The molecule has 1 aliphatic carbocycles. The van der Waals surface area contributed by atoms with Crippen molar-refractivity contribution < 1.29 is 16.8 Å². The molecule has 9 heteroatoms. The van der Waals surface area contributed by atoms with Crippen LogP contribution >= 0.6 is 11.6 Å². The molecule has 1 saturated heterocycles. The first-order chi connectivity index (χ1) is 11.3. The summed E-state index contributed by atoms with van der Waals surface area (Å²) in [5, 5.41) is -0.185. The van der Waals surface area contributed by atoms with Crippen molar-refractivity contribution in [2.45, 2.75) is 43.8 Å². The van der Waals surface area contributed by atoms with Crippen molar-refractivity contribution in [3.8, 4) is 0 Å². The van der Waals surface area contributed by atoms with E-state index in [9.17, 15) is 16.8 Å². The van der Waals surface area contributed by atoms with Crippen molar-refractivity contribution in [1.82, 2.24) is 0 Å². The third-order valence-corrected chi connectivity index (χ3v) is 8.62. The van der Waals surface area contributed by atoms with Gasteiger partial charge >= 0.3 is 0 Å². The van der Waals surface area contributed by atoms with E-state index in [0.717, 1.165) is 19.3 Å². The van der Waals surface area contributed by atoms with Gasteiger partial charge in [-0.05, 0) is 37.5 Å². The van der Waals surface area contributed by atoms with Gasteiger partial charge in [0, 0.05) is 6.54 Å². The fourth-order valence-electron chi connectivity index (χ4n) is 3.28. The van der Waals surface area contributed by atoms with Crippen LogP contribution in [0.3, 0.4) is 0 Å². The summed E-state index contributed by atoms with van der Waals surface area (Å²) in [6, 6.07) is 4.63. The quantitative estimate of drug-likeness (QED) is 0.853. The summed E-state index contributed by atoms with van der Waals surface area (Å²) in [6.07, 6.45) is 4.83. The van der Waals surface area contributed by atoms with E-state index in [2.05, 4.69) is 4.72 Å². The number of halogens is 1. The molecule has 0 radical (unpaired) electrons. The molecule has 1 N–H and O–H groups in total. The maximum Gasteiger partial charge on any atom is 0.235 e. The minimum Gasteiger partial charge on any atom is -0.282 e. The molecule has 1 heterocycles. The highest BCUT2D eigenvalue weighted by molar-refractivity contribution is 7.93. The molecule has 0 bridgehead atoms. The molecule has 1 aliphatic heterocycles. The van der Waals surface area contributed by atoms with Gasteiger partial charge in [0.25, 0.3) is 0 Å². The molecule has 0 spiro atoms. The Morgan fingerprint density at radius 2 is 1.83 bits per heavy atom. The van der Waals surface area contributed by atoms with Crippen LogP contribution in [0.1, 0.15) is 38.5 Å². The van der Waals surface area contributed by atoms with Crippen LogP contribution in [0.4, 0.5) is 11.4 Å². The van der Waals surface area contributed by atoms with Crippen molar-refractivity contribution in [2.24, 2.45) is 0 Å². The van der Waals surface area contributed by atoms with Crippen molar-refractivity contribution >= 4 is 43.0 Å². The lowest BCUT2D eigenvalue weighted by molar-refractivity contribution is 0.486. The van der Waals surface area contributed by atoms with E-state index in [0.29, 0.717) is 37.2 Å². The van der Waals surface area contributed by atoms with Gasteiger partial charge in [-0.1, -0.05) is 30.9 Å². The molecule has 2 aliphatic rings. The summed E-state index contributed by atoms with van der Waals surface area (Å²) >= 11 is 6.20. The van der Waals surface area contributed by atoms with Gasteiger partial charge in [0.1, 0.15) is 0 Å². The maximum absolute atomic E-state index is 12.5. The lowest BCUT2D eigenvalue weighted by atomic mass is 10.0. The minimum absolute atomic E-state index is 0.126. The van der Waals surface area contributed by atoms with E-state index < -0.39 is 20.0 Å². The highest BCUT2D eigenvalue weighted by atomic mass is 35.5. The summed E-state index contributed by atoms with van der Waals surface area (Å²) in [4.78, 5) is 0. The second-order valence-corrected chi connectivity index (χ2v) is 10.7. The van der Waals surface area contributed by atoms with Crippen LogP contribution in [0.2, 0.25) is 5.02 Å². The number of nitrogens with zero attached hydrogens (tertiary/aromatic N) is 1. The average Bonchev–Trinajstić information content (AvgIpc) is 2.89. The van der Waals surface area contributed by atoms with Crippen LogP contribution in [-0.4, -0.2) is 34.4 Å². The summed E-state index contributed by atoms with van der Waals surface area (Å²) in [7, 11) is -6.77. The molecule has 1 aromatic rings. The van der Waals surface area contributed by atoms with Crippen molar-refractivity contribution in [1.29, 1.82) is 0 Å². The van der Waals surface area contributed by atoms with E-state index in [1.54, 1.807) is 6.07 Å². The first-order valence-electron chi connectivity index (χ1n) is 8.11. The fourth-order valence-corrected chi connectivity index (χ4v) is 6.72. The molecular weight excluding hydrogens is 372 g/mol. The first-order valence-corrected chi connectivity index (χ1v) is 11.6. The Balaban J connectivity index is 1.80. The number of nitrogens with one attached hydrogen (secondary N) is 1. The molecule has 3 rings (SSSR count). The van der Waals surface area contributed by atoms with E-state index in [-0.39, 0.29) is 16.0 Å². The molecule has 0 atom stereocenters. The van der Waals surface area contributed by atoms with Gasteiger partial charge in [0.15, 0.2) is 0 Å². The second kappa shape index (κ2) is 6.72. The first kappa shape index (κ1) is 17.8. The van der Waals surface area contributed by atoms with Crippen LogP contribution in [0.5, 0.6) is 0 Å². The molecule has 2 fully saturated rings. The number of hydrogen-bond donors (Lipinski definition) is 1. The number of rotatable bonds is 4. The van der Waals surface area contributed by atoms with Gasteiger partial charge in [-0.3, -0.25) is 9.03 Å². The summed E-state index contributed by atoms with van der Waals surface area (Å²) in [5.41, 5.74) is 0.765. The van der Waals surface area contributed by atoms with Gasteiger partial charge in [-0.2, -0.15) is 0 Å². The molecule has 1 saturated carbocycles. The third-order valence-electron chi connectivity index (χ3n) is 4.58. The SMILES string of the molecule is O=S(=O)(Nc1ccc(N2CCCS2(=O)=O)cc1Cl)C1CCCCC1. The van der Waals surface area contributed by atoms with Crippen LogP contribution < -0.4 is 9.03 Å². The summed E-state index contributed by atoms with van der Waals surface area (Å²) < 4.78 is 52.8. The van der Waals surface area contributed by atoms with E-state index in [4.69, 9.17) is 11.6 Å². The van der Waals surface area contributed by atoms with Gasteiger partial charge in [-0.15, -0.1) is 0 Å². The average molecular weight is 393 g/mol. The van der Waals surface area contributed by atoms with Crippen molar-refractivity contribution in [3.05, 3.63) is 23.2 Å². The lowest BCUT2D eigenvalue weighted by Gasteiger charge is -2.23. The van der Waals surface area contributed by atoms with Crippen molar-refractivity contribution in [2.75, 3.05) is 21.3 Å². The van der Waals surface area contributed by atoms with Gasteiger partial charge < -0.3 is 0 Å². The molecule has 24 heavy (non-hydrogen) atoms. The highest BCUT2D eigenvalue weighted by Gasteiger charge is 2.30. The molecule has 6 nitrogen and oxygen atoms in total. The minimum atomic E-state index is -3.48. The summed E-state index contributed by atoms with van der Waals surface area (Å²) in [6.45, 7) is 0.422. The highest BCUT2D eigenvalue weighted by Crippen LogP contribution is 2.33. The Hall–Kier alpha value is -0.990. The molecule has 0 amide bonds. The Morgan fingerprint density at radius 1 is 1.12 bits per heavy atom.